The Kier molecular flexibility index (Phi) is 4.12. The smallest absolute Gasteiger partial charge is 0.422 e. The van der Waals surface area contributed by atoms with Crippen LogP contribution in [0.3, 0.4) is 0 Å². The second-order valence-corrected chi connectivity index (χ2v) is 3.34. The minimum absolute atomic E-state index is 0.0874. The molecule has 16 heavy (non-hydrogen) atoms. The van der Waals surface area contributed by atoms with Gasteiger partial charge in [-0.3, -0.25) is 4.98 Å². The van der Waals surface area contributed by atoms with Crippen LogP contribution in [-0.2, 0) is 0 Å². The number of rotatable bonds is 4. The number of nitrogens with two attached hydrogens (primary N) is 1. The molecule has 2 N–H and O–H groups in total. The molecule has 0 bridgehead atoms. The van der Waals surface area contributed by atoms with Crippen molar-refractivity contribution < 1.29 is 17.9 Å². The molecule has 0 aliphatic rings. The monoisotopic (exact) mass is 234 g/mol. The molecule has 1 aromatic heterocycles. The Morgan fingerprint density at radius 2 is 2.12 bits per heavy atom. The summed E-state index contributed by atoms with van der Waals surface area (Å²) in [6.07, 6.45) is -2.37. The summed E-state index contributed by atoms with van der Waals surface area (Å²) < 4.78 is 40.0. The van der Waals surface area contributed by atoms with E-state index in [1.807, 2.05) is 6.92 Å². The summed E-state index contributed by atoms with van der Waals surface area (Å²) in [5.74, 6) is 0.0874. The lowest BCUT2D eigenvalue weighted by Gasteiger charge is -2.11. The number of halogens is 3. The highest BCUT2D eigenvalue weighted by Crippen LogP contribution is 2.19. The zero-order chi connectivity index (χ0) is 12.2. The fourth-order valence-electron chi connectivity index (χ4n) is 1.07. The molecule has 1 rings (SSSR count). The van der Waals surface area contributed by atoms with Gasteiger partial charge in [0.1, 0.15) is 5.75 Å². The molecule has 1 aromatic rings. The van der Waals surface area contributed by atoms with Crippen LogP contribution in [-0.4, -0.2) is 17.8 Å². The van der Waals surface area contributed by atoms with Crippen LogP contribution in [0.15, 0.2) is 18.3 Å². The molecular weight excluding hydrogens is 221 g/mol. The number of ether oxygens (including phenoxy) is 1. The first-order valence-electron chi connectivity index (χ1n) is 4.83. The minimum Gasteiger partial charge on any atom is -0.483 e. The van der Waals surface area contributed by atoms with Crippen molar-refractivity contribution in [3.8, 4) is 5.75 Å². The van der Waals surface area contributed by atoms with E-state index in [2.05, 4.69) is 9.72 Å². The van der Waals surface area contributed by atoms with Crippen LogP contribution in [0.1, 0.15) is 25.1 Å². The number of hydrogen-bond donors (Lipinski definition) is 1. The lowest BCUT2D eigenvalue weighted by molar-refractivity contribution is -0.153. The van der Waals surface area contributed by atoms with Crippen LogP contribution >= 0.6 is 0 Å². The summed E-state index contributed by atoms with van der Waals surface area (Å²) >= 11 is 0. The van der Waals surface area contributed by atoms with Gasteiger partial charge in [-0.25, -0.2) is 0 Å². The molecule has 0 radical (unpaired) electrons. The molecule has 0 saturated heterocycles. The summed E-state index contributed by atoms with van der Waals surface area (Å²) in [5.41, 5.74) is 6.34. The van der Waals surface area contributed by atoms with Crippen molar-refractivity contribution in [3.05, 3.63) is 24.0 Å². The Bertz CT molecular complexity index is 324. The predicted octanol–water partition coefficient (Wildman–Crippen LogP) is 2.43. The van der Waals surface area contributed by atoms with Gasteiger partial charge in [-0.05, 0) is 18.6 Å². The van der Waals surface area contributed by atoms with Gasteiger partial charge in [0.25, 0.3) is 0 Å². The average Bonchev–Trinajstić information content (AvgIpc) is 2.25. The molecule has 0 aromatic carbocycles. The SMILES string of the molecule is CC[C@@H](N)c1ccc(OCC(F)(F)F)cn1. The van der Waals surface area contributed by atoms with Crippen LogP contribution in [0.25, 0.3) is 0 Å². The molecule has 1 atom stereocenters. The van der Waals surface area contributed by atoms with Crippen molar-refractivity contribution in [3.63, 3.8) is 0 Å². The van der Waals surface area contributed by atoms with Crippen molar-refractivity contribution >= 4 is 0 Å². The number of nitrogens with zero attached hydrogens (tertiary/aromatic N) is 1. The maximum Gasteiger partial charge on any atom is 0.422 e. The molecule has 6 heteroatoms. The molecule has 0 aliphatic heterocycles. The maximum absolute atomic E-state index is 11.8. The molecule has 0 saturated carbocycles. The van der Waals surface area contributed by atoms with E-state index in [0.717, 1.165) is 6.42 Å². The van der Waals surface area contributed by atoms with Gasteiger partial charge in [0.15, 0.2) is 6.61 Å². The third kappa shape index (κ3) is 4.06. The summed E-state index contributed by atoms with van der Waals surface area (Å²) in [7, 11) is 0. The quantitative estimate of drug-likeness (QED) is 0.870. The fourth-order valence-corrected chi connectivity index (χ4v) is 1.07. The Morgan fingerprint density at radius 1 is 1.44 bits per heavy atom. The van der Waals surface area contributed by atoms with Gasteiger partial charge in [0.2, 0.25) is 0 Å². The van der Waals surface area contributed by atoms with Crippen molar-refractivity contribution in [2.24, 2.45) is 5.73 Å². The van der Waals surface area contributed by atoms with E-state index in [1.54, 1.807) is 6.07 Å². The Labute approximate surface area is 91.4 Å². The zero-order valence-corrected chi connectivity index (χ0v) is 8.79. The lowest BCUT2D eigenvalue weighted by atomic mass is 10.1. The molecule has 0 spiro atoms. The molecule has 0 amide bonds. The molecule has 0 unspecified atom stereocenters. The molecule has 1 heterocycles. The van der Waals surface area contributed by atoms with E-state index in [1.165, 1.54) is 12.3 Å². The Balaban J connectivity index is 2.58. The summed E-state index contributed by atoms with van der Waals surface area (Å²) in [6.45, 7) is 0.592. The number of pyridine rings is 1. The van der Waals surface area contributed by atoms with E-state index in [9.17, 15) is 13.2 Å². The van der Waals surface area contributed by atoms with E-state index in [4.69, 9.17) is 5.73 Å². The number of hydrogen-bond acceptors (Lipinski definition) is 3. The van der Waals surface area contributed by atoms with Crippen LogP contribution in [0, 0.1) is 0 Å². The molecule has 0 fully saturated rings. The Morgan fingerprint density at radius 3 is 2.56 bits per heavy atom. The largest absolute Gasteiger partial charge is 0.483 e. The third-order valence-corrected chi connectivity index (χ3v) is 1.98. The van der Waals surface area contributed by atoms with Crippen LogP contribution in [0.5, 0.6) is 5.75 Å². The minimum atomic E-state index is -4.33. The van der Waals surface area contributed by atoms with Gasteiger partial charge in [-0.15, -0.1) is 0 Å². The normalized spacial score (nSPS) is 13.6. The van der Waals surface area contributed by atoms with Crippen molar-refractivity contribution in [1.82, 2.24) is 4.98 Å². The highest BCUT2D eigenvalue weighted by Gasteiger charge is 2.28. The van der Waals surface area contributed by atoms with E-state index < -0.39 is 12.8 Å². The molecular formula is C10H13F3N2O. The highest BCUT2D eigenvalue weighted by atomic mass is 19.4. The van der Waals surface area contributed by atoms with Crippen LogP contribution < -0.4 is 10.5 Å². The first kappa shape index (κ1) is 12.8. The van der Waals surface area contributed by atoms with Gasteiger partial charge in [0.05, 0.1) is 11.9 Å². The number of alkyl halides is 3. The van der Waals surface area contributed by atoms with Crippen molar-refractivity contribution in [2.45, 2.75) is 25.6 Å². The van der Waals surface area contributed by atoms with Gasteiger partial charge in [0, 0.05) is 6.04 Å². The second kappa shape index (κ2) is 5.16. The zero-order valence-electron chi connectivity index (χ0n) is 8.79. The first-order valence-corrected chi connectivity index (χ1v) is 4.83. The summed E-state index contributed by atoms with van der Waals surface area (Å²) in [6, 6.07) is 2.81. The van der Waals surface area contributed by atoms with Gasteiger partial charge in [-0.2, -0.15) is 13.2 Å². The van der Waals surface area contributed by atoms with E-state index >= 15 is 0 Å². The molecule has 0 aliphatic carbocycles. The fraction of sp³-hybridized carbons (Fsp3) is 0.500. The Hall–Kier alpha value is -1.30. The summed E-state index contributed by atoms with van der Waals surface area (Å²) in [5, 5.41) is 0. The van der Waals surface area contributed by atoms with E-state index in [0.29, 0.717) is 5.69 Å². The summed E-state index contributed by atoms with van der Waals surface area (Å²) in [4.78, 5) is 3.93. The molecule has 3 nitrogen and oxygen atoms in total. The predicted molar refractivity (Wildman–Crippen MR) is 53.0 cm³/mol. The third-order valence-electron chi connectivity index (χ3n) is 1.98. The van der Waals surface area contributed by atoms with Crippen LogP contribution in [0.2, 0.25) is 0 Å². The van der Waals surface area contributed by atoms with E-state index in [-0.39, 0.29) is 11.8 Å². The lowest BCUT2D eigenvalue weighted by Crippen LogP contribution is -2.19. The topological polar surface area (TPSA) is 48.1 Å². The maximum atomic E-state index is 11.8. The van der Waals surface area contributed by atoms with Crippen LogP contribution in [0.4, 0.5) is 13.2 Å². The van der Waals surface area contributed by atoms with Gasteiger partial charge < -0.3 is 10.5 Å². The average molecular weight is 234 g/mol. The van der Waals surface area contributed by atoms with Gasteiger partial charge in [-0.1, -0.05) is 6.92 Å². The van der Waals surface area contributed by atoms with Crippen molar-refractivity contribution in [1.29, 1.82) is 0 Å². The number of aromatic nitrogens is 1. The second-order valence-electron chi connectivity index (χ2n) is 3.34. The van der Waals surface area contributed by atoms with Gasteiger partial charge >= 0.3 is 6.18 Å². The highest BCUT2D eigenvalue weighted by molar-refractivity contribution is 5.21. The first-order chi connectivity index (χ1) is 7.42. The van der Waals surface area contributed by atoms with Crippen molar-refractivity contribution in [2.75, 3.05) is 6.61 Å². The molecule has 90 valence electrons. The standard InChI is InChI=1S/C10H13F3N2O/c1-2-8(14)9-4-3-7(5-15-9)16-6-10(11,12)13/h3-5,8H,2,6,14H2,1H3/t8-/m1/s1.